The molecule has 4 rings (SSSR count). The Kier molecular flexibility index (Phi) is 4.67. The number of pyridine rings is 1. The number of aromatic nitrogens is 3. The van der Waals surface area contributed by atoms with E-state index in [9.17, 15) is 9.90 Å². The van der Waals surface area contributed by atoms with Crippen LogP contribution in [0.25, 0.3) is 16.7 Å². The number of rotatable bonds is 4. The number of aryl methyl sites for hydroxylation is 1. The van der Waals surface area contributed by atoms with E-state index >= 15 is 0 Å². The van der Waals surface area contributed by atoms with Crippen LogP contribution in [0, 0.1) is 18.3 Å². The van der Waals surface area contributed by atoms with Gasteiger partial charge in [0.1, 0.15) is 0 Å². The second-order valence-electron chi connectivity index (χ2n) is 6.78. The zero-order valence-electron chi connectivity index (χ0n) is 15.5. The topological polar surface area (TPSA) is 98.3 Å². The third kappa shape index (κ3) is 3.17. The molecule has 142 valence electrons. The van der Waals surface area contributed by atoms with Crippen LogP contribution in [0.2, 0.25) is 0 Å². The van der Waals surface area contributed by atoms with Crippen LogP contribution in [-0.2, 0) is 0 Å². The second kappa shape index (κ2) is 7.29. The van der Waals surface area contributed by atoms with Crippen LogP contribution in [0.15, 0.2) is 36.4 Å². The summed E-state index contributed by atoms with van der Waals surface area (Å²) in [5, 5.41) is 24.0. The van der Waals surface area contributed by atoms with Gasteiger partial charge in [-0.1, -0.05) is 18.2 Å². The van der Waals surface area contributed by atoms with E-state index in [0.717, 1.165) is 48.6 Å². The summed E-state index contributed by atoms with van der Waals surface area (Å²) in [6.07, 6.45) is 0. The van der Waals surface area contributed by atoms with Crippen molar-refractivity contribution < 1.29 is 9.90 Å². The predicted octanol–water partition coefficient (Wildman–Crippen LogP) is 2.07. The Morgan fingerprint density at radius 1 is 1.21 bits per heavy atom. The number of carbonyl (C=O) groups is 1. The number of carboxylic acids is 1. The van der Waals surface area contributed by atoms with Gasteiger partial charge in [0.15, 0.2) is 11.3 Å². The SMILES string of the molecule is Cc1nn(-c2ccccc2)c2nc(C(=O)O)cc(N3CCN(CC#N)CC3)c12. The molecule has 1 aliphatic heterocycles. The number of nitrogens with zero attached hydrogens (tertiary/aromatic N) is 6. The summed E-state index contributed by atoms with van der Waals surface area (Å²) in [6.45, 7) is 5.27. The third-order valence-corrected chi connectivity index (χ3v) is 5.02. The molecule has 0 unspecified atom stereocenters. The number of hydrogen-bond acceptors (Lipinski definition) is 6. The van der Waals surface area contributed by atoms with Gasteiger partial charge < -0.3 is 10.0 Å². The van der Waals surface area contributed by atoms with Gasteiger partial charge in [-0.15, -0.1) is 0 Å². The van der Waals surface area contributed by atoms with Gasteiger partial charge in [-0.05, 0) is 25.1 Å². The van der Waals surface area contributed by atoms with Crippen LogP contribution in [-0.4, -0.2) is 63.5 Å². The van der Waals surface area contributed by atoms with Crippen LogP contribution in [0.3, 0.4) is 0 Å². The lowest BCUT2D eigenvalue weighted by Gasteiger charge is -2.35. The number of piperazine rings is 1. The fraction of sp³-hybridized carbons (Fsp3) is 0.300. The van der Waals surface area contributed by atoms with Crippen molar-refractivity contribution in [3.8, 4) is 11.8 Å². The Labute approximate surface area is 162 Å². The number of para-hydroxylation sites is 1. The van der Waals surface area contributed by atoms with E-state index in [4.69, 9.17) is 5.26 Å². The van der Waals surface area contributed by atoms with E-state index < -0.39 is 5.97 Å². The lowest BCUT2D eigenvalue weighted by Crippen LogP contribution is -2.46. The zero-order chi connectivity index (χ0) is 19.7. The summed E-state index contributed by atoms with van der Waals surface area (Å²) in [6, 6.07) is 13.4. The molecule has 0 aliphatic carbocycles. The van der Waals surface area contributed by atoms with Gasteiger partial charge in [0, 0.05) is 26.2 Å². The number of carboxylic acid groups (broad SMARTS) is 1. The zero-order valence-corrected chi connectivity index (χ0v) is 15.5. The molecule has 3 aromatic rings. The molecule has 1 aromatic carbocycles. The summed E-state index contributed by atoms with van der Waals surface area (Å²) in [5.41, 5.74) is 3.01. The first-order valence-electron chi connectivity index (χ1n) is 9.12. The maximum absolute atomic E-state index is 11.7. The van der Waals surface area contributed by atoms with Crippen molar-refractivity contribution in [1.82, 2.24) is 19.7 Å². The molecule has 1 saturated heterocycles. The van der Waals surface area contributed by atoms with Crippen molar-refractivity contribution in [3.63, 3.8) is 0 Å². The van der Waals surface area contributed by atoms with E-state index in [1.54, 1.807) is 10.7 Å². The first-order valence-corrected chi connectivity index (χ1v) is 9.12. The average molecular weight is 376 g/mol. The average Bonchev–Trinajstić information content (AvgIpc) is 3.05. The van der Waals surface area contributed by atoms with Crippen LogP contribution >= 0.6 is 0 Å². The Balaban J connectivity index is 1.84. The fourth-order valence-corrected chi connectivity index (χ4v) is 3.62. The molecule has 0 bridgehead atoms. The van der Waals surface area contributed by atoms with Crippen molar-refractivity contribution in [1.29, 1.82) is 5.26 Å². The maximum Gasteiger partial charge on any atom is 0.354 e. The minimum Gasteiger partial charge on any atom is -0.477 e. The molecule has 8 heteroatoms. The number of benzene rings is 1. The highest BCUT2D eigenvalue weighted by atomic mass is 16.4. The molecule has 0 spiro atoms. The molecule has 0 amide bonds. The first kappa shape index (κ1) is 17.9. The van der Waals surface area contributed by atoms with Gasteiger partial charge in [0.25, 0.3) is 0 Å². The van der Waals surface area contributed by atoms with Crippen molar-refractivity contribution in [2.75, 3.05) is 37.6 Å². The smallest absolute Gasteiger partial charge is 0.354 e. The largest absolute Gasteiger partial charge is 0.477 e. The van der Waals surface area contributed by atoms with Crippen LogP contribution in [0.1, 0.15) is 16.2 Å². The van der Waals surface area contributed by atoms with E-state index in [2.05, 4.69) is 26.0 Å². The third-order valence-electron chi connectivity index (χ3n) is 5.02. The van der Waals surface area contributed by atoms with Gasteiger partial charge in [-0.2, -0.15) is 10.4 Å². The molecular weight excluding hydrogens is 356 g/mol. The van der Waals surface area contributed by atoms with Crippen molar-refractivity contribution in [2.24, 2.45) is 0 Å². The molecule has 3 heterocycles. The Morgan fingerprint density at radius 2 is 1.93 bits per heavy atom. The van der Waals surface area contributed by atoms with E-state index in [1.165, 1.54) is 0 Å². The highest BCUT2D eigenvalue weighted by Gasteiger charge is 2.24. The monoisotopic (exact) mass is 376 g/mol. The predicted molar refractivity (Wildman–Crippen MR) is 105 cm³/mol. The van der Waals surface area contributed by atoms with E-state index in [-0.39, 0.29) is 5.69 Å². The van der Waals surface area contributed by atoms with Gasteiger partial charge in [-0.25, -0.2) is 14.5 Å². The minimum atomic E-state index is -1.07. The minimum absolute atomic E-state index is 0.000893. The van der Waals surface area contributed by atoms with Crippen LogP contribution in [0.4, 0.5) is 5.69 Å². The molecule has 1 aliphatic rings. The highest BCUT2D eigenvalue weighted by Crippen LogP contribution is 2.31. The fourth-order valence-electron chi connectivity index (χ4n) is 3.62. The summed E-state index contributed by atoms with van der Waals surface area (Å²) in [4.78, 5) is 20.4. The molecule has 8 nitrogen and oxygen atoms in total. The molecule has 28 heavy (non-hydrogen) atoms. The summed E-state index contributed by atoms with van der Waals surface area (Å²) in [5.74, 6) is -1.07. The number of nitriles is 1. The normalized spacial score (nSPS) is 14.9. The van der Waals surface area contributed by atoms with Crippen molar-refractivity contribution in [2.45, 2.75) is 6.92 Å². The van der Waals surface area contributed by atoms with E-state index in [0.29, 0.717) is 12.2 Å². The van der Waals surface area contributed by atoms with E-state index in [1.807, 2.05) is 37.3 Å². The molecule has 0 atom stereocenters. The molecule has 1 N–H and O–H groups in total. The quantitative estimate of drug-likeness (QED) is 0.696. The highest BCUT2D eigenvalue weighted by molar-refractivity contribution is 5.98. The Hall–Kier alpha value is -3.44. The molecule has 0 radical (unpaired) electrons. The molecule has 0 saturated carbocycles. The van der Waals surface area contributed by atoms with Gasteiger partial charge in [0.2, 0.25) is 0 Å². The molecule has 2 aromatic heterocycles. The first-order chi connectivity index (χ1) is 13.6. The summed E-state index contributed by atoms with van der Waals surface area (Å²) >= 11 is 0. The van der Waals surface area contributed by atoms with Crippen LogP contribution in [0.5, 0.6) is 0 Å². The van der Waals surface area contributed by atoms with Gasteiger partial charge in [0.05, 0.1) is 35.1 Å². The van der Waals surface area contributed by atoms with Crippen molar-refractivity contribution >= 4 is 22.7 Å². The number of aromatic carboxylic acids is 1. The van der Waals surface area contributed by atoms with Crippen LogP contribution < -0.4 is 4.90 Å². The molecular formula is C20H20N6O2. The maximum atomic E-state index is 11.7. The Morgan fingerprint density at radius 3 is 2.57 bits per heavy atom. The lowest BCUT2D eigenvalue weighted by molar-refractivity contribution is 0.0691. The number of hydrogen-bond donors (Lipinski definition) is 1. The Bertz CT molecular complexity index is 1060. The standard InChI is InChI=1S/C20H20N6O2/c1-14-18-17(25-11-9-24(8-7-21)10-12-25)13-16(20(27)28)22-19(18)26(23-14)15-5-3-2-4-6-15/h2-6,13H,8-12H2,1H3,(H,27,28). The van der Waals surface area contributed by atoms with Gasteiger partial charge >= 0.3 is 5.97 Å². The van der Waals surface area contributed by atoms with Gasteiger partial charge in [-0.3, -0.25) is 4.90 Å². The second-order valence-corrected chi connectivity index (χ2v) is 6.78. The summed E-state index contributed by atoms with van der Waals surface area (Å²) in [7, 11) is 0. The lowest BCUT2D eigenvalue weighted by atomic mass is 10.1. The van der Waals surface area contributed by atoms with Crippen molar-refractivity contribution in [3.05, 3.63) is 47.8 Å². The number of anilines is 1. The molecule has 1 fully saturated rings. The summed E-state index contributed by atoms with van der Waals surface area (Å²) < 4.78 is 1.70. The number of fused-ring (bicyclic) bond motifs is 1.